The Morgan fingerprint density at radius 1 is 0.897 bits per heavy atom. The van der Waals surface area contributed by atoms with E-state index in [9.17, 15) is 24.0 Å². The molecule has 1 unspecified atom stereocenters. The number of carbonyl (C=O) groups excluding carboxylic acids is 5. The smallest absolute Gasteiger partial charge is 0.344 e. The molecule has 0 radical (unpaired) electrons. The summed E-state index contributed by atoms with van der Waals surface area (Å²) in [7, 11) is 3.03. The number of ketones is 2. The van der Waals surface area contributed by atoms with E-state index in [4.69, 9.17) is 9.47 Å². The lowest BCUT2D eigenvalue weighted by molar-refractivity contribution is -0.172. The van der Waals surface area contributed by atoms with Crippen molar-refractivity contribution in [1.82, 2.24) is 0 Å². The van der Waals surface area contributed by atoms with Crippen LogP contribution in [0.3, 0.4) is 0 Å². The Bertz CT molecular complexity index is 728. The molecular formula is C20H27NO8. The minimum absolute atomic E-state index is 0.135. The number of esters is 3. The SMILES string of the molecule is COC(=O)C(=C=NC1CCCCC1)C(C(=O)OC)C(C(C)=O)(C(C)=O)C(=O)OC. The van der Waals surface area contributed by atoms with E-state index in [1.165, 1.54) is 0 Å². The molecule has 0 aromatic heterocycles. The second kappa shape index (κ2) is 10.7. The van der Waals surface area contributed by atoms with Crippen molar-refractivity contribution in [2.45, 2.75) is 52.0 Å². The van der Waals surface area contributed by atoms with E-state index < -0.39 is 46.4 Å². The molecule has 0 aliphatic heterocycles. The Morgan fingerprint density at radius 3 is 1.86 bits per heavy atom. The molecule has 1 saturated carbocycles. The monoisotopic (exact) mass is 409 g/mol. The van der Waals surface area contributed by atoms with Crippen LogP contribution in [-0.4, -0.2) is 62.7 Å². The molecule has 1 aliphatic rings. The van der Waals surface area contributed by atoms with E-state index in [1.807, 2.05) is 0 Å². The molecule has 0 aromatic rings. The van der Waals surface area contributed by atoms with Crippen LogP contribution < -0.4 is 0 Å². The van der Waals surface area contributed by atoms with Crippen LogP contribution in [0.25, 0.3) is 0 Å². The van der Waals surface area contributed by atoms with Crippen molar-refractivity contribution < 1.29 is 38.2 Å². The van der Waals surface area contributed by atoms with Crippen molar-refractivity contribution >= 4 is 35.3 Å². The number of carbonyl (C=O) groups is 5. The van der Waals surface area contributed by atoms with Gasteiger partial charge in [-0.3, -0.25) is 19.2 Å². The molecule has 9 heteroatoms. The fourth-order valence-electron chi connectivity index (χ4n) is 3.56. The van der Waals surface area contributed by atoms with Gasteiger partial charge in [0.05, 0.1) is 27.4 Å². The van der Waals surface area contributed by atoms with Crippen molar-refractivity contribution in [3.05, 3.63) is 5.57 Å². The van der Waals surface area contributed by atoms with Crippen molar-refractivity contribution in [3.63, 3.8) is 0 Å². The van der Waals surface area contributed by atoms with Crippen molar-refractivity contribution in [3.8, 4) is 0 Å². The fourth-order valence-corrected chi connectivity index (χ4v) is 3.56. The van der Waals surface area contributed by atoms with Gasteiger partial charge in [-0.05, 0) is 32.6 Å². The quantitative estimate of drug-likeness (QED) is 0.193. The molecule has 0 heterocycles. The zero-order valence-corrected chi connectivity index (χ0v) is 17.4. The summed E-state index contributed by atoms with van der Waals surface area (Å²) >= 11 is 0. The van der Waals surface area contributed by atoms with Gasteiger partial charge in [-0.25, -0.2) is 9.79 Å². The molecule has 1 fully saturated rings. The minimum atomic E-state index is -2.62. The van der Waals surface area contributed by atoms with Gasteiger partial charge in [-0.2, -0.15) is 0 Å². The van der Waals surface area contributed by atoms with Gasteiger partial charge in [-0.1, -0.05) is 19.3 Å². The van der Waals surface area contributed by atoms with Crippen LogP contribution >= 0.6 is 0 Å². The van der Waals surface area contributed by atoms with E-state index in [0.29, 0.717) is 0 Å². The normalized spacial score (nSPS) is 15.3. The van der Waals surface area contributed by atoms with Gasteiger partial charge in [0.25, 0.3) is 0 Å². The first-order valence-electron chi connectivity index (χ1n) is 9.27. The fraction of sp³-hybridized carbons (Fsp3) is 0.650. The predicted octanol–water partition coefficient (Wildman–Crippen LogP) is 1.21. The first-order chi connectivity index (χ1) is 13.7. The van der Waals surface area contributed by atoms with Crippen molar-refractivity contribution in [2.75, 3.05) is 21.3 Å². The maximum atomic E-state index is 12.7. The summed E-state index contributed by atoms with van der Waals surface area (Å²) in [5, 5.41) is 0. The highest BCUT2D eigenvalue weighted by molar-refractivity contribution is 6.25. The second-order valence-corrected chi connectivity index (χ2v) is 6.81. The second-order valence-electron chi connectivity index (χ2n) is 6.81. The molecule has 1 rings (SSSR count). The maximum Gasteiger partial charge on any atom is 0.344 e. The lowest BCUT2D eigenvalue weighted by atomic mass is 9.66. The van der Waals surface area contributed by atoms with Gasteiger partial charge in [0.1, 0.15) is 11.5 Å². The number of aliphatic imine (C=N–C) groups is 1. The van der Waals surface area contributed by atoms with Gasteiger partial charge in [0, 0.05) is 0 Å². The lowest BCUT2D eigenvalue weighted by Gasteiger charge is -2.32. The third-order valence-electron chi connectivity index (χ3n) is 5.12. The number of nitrogens with zero attached hydrogens (tertiary/aromatic N) is 1. The van der Waals surface area contributed by atoms with E-state index in [1.54, 1.807) is 0 Å². The minimum Gasteiger partial charge on any atom is -0.468 e. The average Bonchev–Trinajstić information content (AvgIpc) is 2.71. The Morgan fingerprint density at radius 2 is 1.45 bits per heavy atom. The highest BCUT2D eigenvalue weighted by Crippen LogP contribution is 2.38. The van der Waals surface area contributed by atoms with Gasteiger partial charge >= 0.3 is 17.9 Å². The number of Topliss-reactive ketones (excluding diaryl/α,β-unsaturated/α-hetero) is 2. The van der Waals surface area contributed by atoms with Crippen LogP contribution in [0.15, 0.2) is 10.6 Å². The highest BCUT2D eigenvalue weighted by atomic mass is 16.5. The summed E-state index contributed by atoms with van der Waals surface area (Å²) in [6.45, 7) is 1.92. The molecule has 0 N–H and O–H groups in total. The molecule has 0 aromatic carbocycles. The first kappa shape index (κ1) is 24.2. The predicted molar refractivity (Wildman–Crippen MR) is 101 cm³/mol. The van der Waals surface area contributed by atoms with Crippen molar-refractivity contribution in [2.24, 2.45) is 16.3 Å². The molecule has 160 valence electrons. The van der Waals surface area contributed by atoms with Crippen LogP contribution in [0, 0.1) is 11.3 Å². The number of ether oxygens (including phenoxy) is 3. The molecule has 0 spiro atoms. The van der Waals surface area contributed by atoms with Crippen LogP contribution in [0.2, 0.25) is 0 Å². The van der Waals surface area contributed by atoms with Crippen molar-refractivity contribution in [1.29, 1.82) is 0 Å². The Kier molecular flexibility index (Phi) is 8.91. The van der Waals surface area contributed by atoms with Crippen LogP contribution in [-0.2, 0) is 38.2 Å². The number of hydrogen-bond acceptors (Lipinski definition) is 9. The summed E-state index contributed by atoms with van der Waals surface area (Å²) in [6, 6.07) is -0.135. The van der Waals surface area contributed by atoms with Crippen LogP contribution in [0.4, 0.5) is 0 Å². The number of methoxy groups -OCH3 is 3. The largest absolute Gasteiger partial charge is 0.468 e. The molecule has 9 nitrogen and oxygen atoms in total. The zero-order valence-electron chi connectivity index (χ0n) is 17.4. The molecule has 0 saturated heterocycles. The zero-order chi connectivity index (χ0) is 22.2. The highest BCUT2D eigenvalue weighted by Gasteiger charge is 2.61. The van der Waals surface area contributed by atoms with E-state index >= 15 is 0 Å². The lowest BCUT2D eigenvalue weighted by Crippen LogP contribution is -2.55. The van der Waals surface area contributed by atoms with Gasteiger partial charge in [0.15, 0.2) is 11.6 Å². The topological polar surface area (TPSA) is 125 Å². The first-order valence-corrected chi connectivity index (χ1v) is 9.27. The number of rotatable bonds is 8. The summed E-state index contributed by atoms with van der Waals surface area (Å²) in [5.74, 6) is -4.91. The molecule has 1 aliphatic carbocycles. The maximum absolute atomic E-state index is 12.7. The third-order valence-corrected chi connectivity index (χ3v) is 5.12. The Balaban J connectivity index is 3.80. The summed E-state index contributed by atoms with van der Waals surface area (Å²) < 4.78 is 14.1. The van der Waals surface area contributed by atoms with E-state index in [0.717, 1.165) is 67.3 Å². The van der Waals surface area contributed by atoms with Crippen LogP contribution in [0.1, 0.15) is 46.0 Å². The van der Waals surface area contributed by atoms with E-state index in [2.05, 4.69) is 15.6 Å². The summed E-state index contributed by atoms with van der Waals surface area (Å²) in [6.07, 6.45) is 4.52. The van der Waals surface area contributed by atoms with Gasteiger partial charge in [-0.15, -0.1) is 0 Å². The van der Waals surface area contributed by atoms with Gasteiger partial charge < -0.3 is 14.2 Å². The average molecular weight is 409 g/mol. The third kappa shape index (κ3) is 4.98. The molecule has 1 atom stereocenters. The summed E-state index contributed by atoms with van der Waals surface area (Å²) in [5.41, 5.74) is -3.17. The molecule has 0 bridgehead atoms. The standard InChI is InChI=1S/C20H27NO8/c1-12(22)20(13(2)23,19(26)29-5)16(18(25)28-4)15(17(24)27-3)11-21-14-9-7-6-8-10-14/h14,16H,6-10H2,1-5H3. The van der Waals surface area contributed by atoms with E-state index in [-0.39, 0.29) is 6.04 Å². The summed E-state index contributed by atoms with van der Waals surface area (Å²) in [4.78, 5) is 67.1. The Labute approximate surface area is 169 Å². The molecule has 0 amide bonds. The molecule has 29 heavy (non-hydrogen) atoms. The number of hydrogen-bond donors (Lipinski definition) is 0. The van der Waals surface area contributed by atoms with Gasteiger partial charge in [0.2, 0.25) is 5.41 Å². The Hall–Kier alpha value is -2.80. The molecular weight excluding hydrogens is 382 g/mol. The van der Waals surface area contributed by atoms with Crippen LogP contribution in [0.5, 0.6) is 0 Å².